The number of nitrogens with one attached hydrogen (secondary N) is 1. The van der Waals surface area contributed by atoms with Crippen LogP contribution in [0.5, 0.6) is 0 Å². The summed E-state index contributed by atoms with van der Waals surface area (Å²) in [5, 5.41) is 3.44. The van der Waals surface area contributed by atoms with E-state index in [-0.39, 0.29) is 0 Å². The van der Waals surface area contributed by atoms with Crippen LogP contribution in [0.2, 0.25) is 0 Å². The first-order valence-corrected chi connectivity index (χ1v) is 6.20. The Labute approximate surface area is 97.9 Å². The van der Waals surface area contributed by atoms with E-state index in [2.05, 4.69) is 28.2 Å². The number of likely N-dealkylation sites (tertiary alicyclic amines) is 1. The van der Waals surface area contributed by atoms with Gasteiger partial charge in [0.05, 0.1) is 0 Å². The lowest BCUT2D eigenvalue weighted by Crippen LogP contribution is -2.26. The lowest BCUT2D eigenvalue weighted by molar-refractivity contribution is 0.314. The maximum Gasteiger partial charge on any atom is 0.0312 e. The fourth-order valence-corrected chi connectivity index (χ4v) is 2.32. The molecule has 88 valence electrons. The molecule has 1 fully saturated rings. The Hall–Kier alpha value is -0.930. The number of hydrogen-bond donors (Lipinski definition) is 1. The van der Waals surface area contributed by atoms with Gasteiger partial charge in [-0.25, -0.2) is 0 Å². The van der Waals surface area contributed by atoms with Crippen LogP contribution in [0.3, 0.4) is 0 Å². The smallest absolute Gasteiger partial charge is 0.0312 e. The molecular weight excluding hydrogens is 198 g/mol. The van der Waals surface area contributed by atoms with Gasteiger partial charge in [-0.15, -0.1) is 0 Å². The molecule has 0 bridgehead atoms. The molecule has 3 heteroatoms. The van der Waals surface area contributed by atoms with Gasteiger partial charge in [-0.3, -0.25) is 9.88 Å². The van der Waals surface area contributed by atoms with E-state index in [4.69, 9.17) is 0 Å². The Morgan fingerprint density at radius 1 is 1.56 bits per heavy atom. The molecule has 1 aliphatic rings. The molecule has 2 heterocycles. The Kier molecular flexibility index (Phi) is 4.31. The summed E-state index contributed by atoms with van der Waals surface area (Å²) in [4.78, 5) is 6.68. The van der Waals surface area contributed by atoms with Crippen molar-refractivity contribution in [1.82, 2.24) is 15.2 Å². The van der Waals surface area contributed by atoms with Gasteiger partial charge in [0.25, 0.3) is 0 Å². The van der Waals surface area contributed by atoms with E-state index in [1.165, 1.54) is 31.6 Å². The van der Waals surface area contributed by atoms with Crippen LogP contribution in [-0.4, -0.2) is 36.1 Å². The molecule has 0 aliphatic carbocycles. The minimum Gasteiger partial charge on any atom is -0.317 e. The lowest BCUT2D eigenvalue weighted by Gasteiger charge is -2.15. The average molecular weight is 219 g/mol. The van der Waals surface area contributed by atoms with E-state index in [1.54, 1.807) is 0 Å². The molecule has 1 aliphatic heterocycles. The van der Waals surface area contributed by atoms with Crippen LogP contribution < -0.4 is 5.32 Å². The fourth-order valence-electron chi connectivity index (χ4n) is 2.32. The molecule has 0 amide bonds. The van der Waals surface area contributed by atoms with Gasteiger partial charge in [-0.05, 0) is 43.6 Å². The maximum atomic E-state index is 4.16. The van der Waals surface area contributed by atoms with Crippen molar-refractivity contribution in [1.29, 1.82) is 0 Å². The van der Waals surface area contributed by atoms with Crippen LogP contribution in [0.15, 0.2) is 24.5 Å². The minimum absolute atomic E-state index is 0.830. The molecule has 3 nitrogen and oxygen atoms in total. The average Bonchev–Trinajstić information content (AvgIpc) is 2.75. The highest BCUT2D eigenvalue weighted by atomic mass is 15.1. The number of aromatic nitrogens is 1. The molecule has 16 heavy (non-hydrogen) atoms. The van der Waals surface area contributed by atoms with Crippen LogP contribution in [0, 0.1) is 5.92 Å². The summed E-state index contributed by atoms with van der Waals surface area (Å²) in [5.74, 6) is 0.830. The Morgan fingerprint density at radius 3 is 3.25 bits per heavy atom. The third-order valence-corrected chi connectivity index (χ3v) is 3.18. The number of nitrogens with zero attached hydrogens (tertiary/aromatic N) is 2. The summed E-state index contributed by atoms with van der Waals surface area (Å²) in [6.07, 6.45) is 5.13. The molecule has 1 atom stereocenters. The zero-order valence-corrected chi connectivity index (χ0v) is 10.0. The van der Waals surface area contributed by atoms with Crippen molar-refractivity contribution in [3.63, 3.8) is 0 Å². The maximum absolute atomic E-state index is 4.16. The molecule has 0 radical (unpaired) electrons. The second-order valence-electron chi connectivity index (χ2n) is 4.56. The van der Waals surface area contributed by atoms with Crippen molar-refractivity contribution in [3.05, 3.63) is 30.1 Å². The van der Waals surface area contributed by atoms with Crippen LogP contribution in [0.1, 0.15) is 18.9 Å². The topological polar surface area (TPSA) is 28.2 Å². The molecule has 0 spiro atoms. The van der Waals surface area contributed by atoms with Crippen molar-refractivity contribution in [3.8, 4) is 0 Å². The predicted molar refractivity (Wildman–Crippen MR) is 66.2 cm³/mol. The number of hydrogen-bond acceptors (Lipinski definition) is 3. The molecule has 0 saturated carbocycles. The van der Waals surface area contributed by atoms with E-state index in [9.17, 15) is 0 Å². The standard InChI is InChI=1S/C13H21N3/c1-2-14-8-13-5-7-16(11-13)10-12-4-3-6-15-9-12/h3-4,6,9,13-14H,2,5,7-8,10-11H2,1H3. The van der Waals surface area contributed by atoms with Crippen LogP contribution >= 0.6 is 0 Å². The van der Waals surface area contributed by atoms with E-state index in [0.29, 0.717) is 0 Å². The monoisotopic (exact) mass is 219 g/mol. The summed E-state index contributed by atoms with van der Waals surface area (Å²) in [7, 11) is 0. The molecule has 1 aromatic heterocycles. The molecule has 1 aromatic rings. The van der Waals surface area contributed by atoms with Gasteiger partial charge in [0.2, 0.25) is 0 Å². The highest BCUT2D eigenvalue weighted by molar-refractivity contribution is 5.08. The summed E-state index contributed by atoms with van der Waals surface area (Å²) >= 11 is 0. The van der Waals surface area contributed by atoms with E-state index >= 15 is 0 Å². The Bertz CT molecular complexity index is 299. The van der Waals surface area contributed by atoms with Crippen molar-refractivity contribution in [2.24, 2.45) is 5.92 Å². The van der Waals surface area contributed by atoms with Gasteiger partial charge < -0.3 is 5.32 Å². The highest BCUT2D eigenvalue weighted by Gasteiger charge is 2.21. The van der Waals surface area contributed by atoms with Gasteiger partial charge in [0.1, 0.15) is 0 Å². The van der Waals surface area contributed by atoms with Gasteiger partial charge >= 0.3 is 0 Å². The summed E-state index contributed by atoms with van der Waals surface area (Å²) in [6.45, 7) is 7.92. The fraction of sp³-hybridized carbons (Fsp3) is 0.615. The van der Waals surface area contributed by atoms with Crippen molar-refractivity contribution in [2.45, 2.75) is 19.9 Å². The third-order valence-electron chi connectivity index (χ3n) is 3.18. The summed E-state index contributed by atoms with van der Waals surface area (Å²) < 4.78 is 0. The van der Waals surface area contributed by atoms with Crippen LogP contribution in [0.4, 0.5) is 0 Å². The van der Waals surface area contributed by atoms with Crippen LogP contribution in [-0.2, 0) is 6.54 Å². The van der Waals surface area contributed by atoms with E-state index in [1.807, 2.05) is 18.5 Å². The summed E-state index contributed by atoms with van der Waals surface area (Å²) in [6, 6.07) is 4.17. The molecular formula is C13H21N3. The second kappa shape index (κ2) is 5.97. The van der Waals surface area contributed by atoms with Crippen molar-refractivity contribution >= 4 is 0 Å². The normalized spacial score (nSPS) is 21.4. The quantitative estimate of drug-likeness (QED) is 0.813. The zero-order chi connectivity index (χ0) is 11.2. The second-order valence-corrected chi connectivity index (χ2v) is 4.56. The van der Waals surface area contributed by atoms with E-state index < -0.39 is 0 Å². The van der Waals surface area contributed by atoms with Crippen molar-refractivity contribution < 1.29 is 0 Å². The highest BCUT2D eigenvalue weighted by Crippen LogP contribution is 2.17. The SMILES string of the molecule is CCNCC1CCN(Cc2cccnc2)C1. The van der Waals surface area contributed by atoms with E-state index in [0.717, 1.165) is 19.0 Å². The Morgan fingerprint density at radius 2 is 2.50 bits per heavy atom. The van der Waals surface area contributed by atoms with Gasteiger partial charge in [0, 0.05) is 25.5 Å². The predicted octanol–water partition coefficient (Wildman–Crippen LogP) is 1.51. The number of rotatable bonds is 5. The first-order valence-electron chi connectivity index (χ1n) is 6.20. The Balaban J connectivity index is 1.76. The molecule has 0 aromatic carbocycles. The lowest BCUT2D eigenvalue weighted by atomic mass is 10.1. The number of pyridine rings is 1. The minimum atomic E-state index is 0.830. The third kappa shape index (κ3) is 3.29. The van der Waals surface area contributed by atoms with Crippen LogP contribution in [0.25, 0.3) is 0 Å². The van der Waals surface area contributed by atoms with Gasteiger partial charge in [-0.2, -0.15) is 0 Å². The molecule has 1 N–H and O–H groups in total. The largest absolute Gasteiger partial charge is 0.317 e. The molecule has 1 unspecified atom stereocenters. The first kappa shape index (κ1) is 11.6. The van der Waals surface area contributed by atoms with Gasteiger partial charge in [-0.1, -0.05) is 13.0 Å². The first-order chi connectivity index (χ1) is 7.88. The van der Waals surface area contributed by atoms with Gasteiger partial charge in [0.15, 0.2) is 0 Å². The molecule has 1 saturated heterocycles. The molecule has 2 rings (SSSR count). The summed E-state index contributed by atoms with van der Waals surface area (Å²) in [5.41, 5.74) is 1.33. The zero-order valence-electron chi connectivity index (χ0n) is 10.0. The van der Waals surface area contributed by atoms with Crippen molar-refractivity contribution in [2.75, 3.05) is 26.2 Å².